The average molecular weight is 591 g/mol. The number of thiophene rings is 2. The molecule has 0 aliphatic rings. The van der Waals surface area contributed by atoms with Crippen LogP contribution in [0.15, 0.2) is 133 Å². The summed E-state index contributed by atoms with van der Waals surface area (Å²) < 4.78 is 6.40. The van der Waals surface area contributed by atoms with E-state index in [1.165, 1.54) is 50.6 Å². The van der Waals surface area contributed by atoms with E-state index in [0.717, 1.165) is 27.6 Å². The van der Waals surface area contributed by atoms with Gasteiger partial charge in [-0.15, -0.1) is 34.0 Å². The Kier molecular flexibility index (Phi) is 5.45. The minimum Gasteiger partial charge on any atom is -0.310 e. The largest absolute Gasteiger partial charge is 0.310 e. The van der Waals surface area contributed by atoms with E-state index in [9.17, 15) is 0 Å². The number of aromatic nitrogens is 1. The quantitative estimate of drug-likeness (QED) is 0.203. The fourth-order valence-electron chi connectivity index (χ4n) is 5.96. The van der Waals surface area contributed by atoms with Crippen LogP contribution in [0.3, 0.4) is 0 Å². The third kappa shape index (κ3) is 3.78. The van der Waals surface area contributed by atoms with E-state index in [-0.39, 0.29) is 0 Å². The first-order chi connectivity index (χ1) is 20.8. The molecule has 6 aromatic carbocycles. The fourth-order valence-corrected chi connectivity index (χ4v) is 9.17. The predicted octanol–water partition coefficient (Wildman–Crippen LogP) is 12.2. The predicted molar refractivity (Wildman–Crippen MR) is 186 cm³/mol. The van der Waals surface area contributed by atoms with Crippen LogP contribution < -0.4 is 4.90 Å². The number of nitrogens with zero attached hydrogens (tertiary/aromatic N) is 2. The second kappa shape index (κ2) is 9.50. The van der Waals surface area contributed by atoms with Gasteiger partial charge in [0.05, 0.1) is 10.2 Å². The molecule has 3 aromatic heterocycles. The van der Waals surface area contributed by atoms with Crippen molar-refractivity contribution in [3.05, 3.63) is 133 Å². The highest BCUT2D eigenvalue weighted by molar-refractivity contribution is 7.26. The number of para-hydroxylation sites is 1. The van der Waals surface area contributed by atoms with Gasteiger partial charge >= 0.3 is 0 Å². The van der Waals surface area contributed by atoms with Crippen LogP contribution in [0.25, 0.3) is 61.1 Å². The molecule has 0 N–H and O–H groups in total. The maximum absolute atomic E-state index is 5.19. The third-order valence-corrected chi connectivity index (χ3v) is 11.2. The number of hydrogen-bond donors (Lipinski definition) is 0. The molecule has 2 nitrogen and oxygen atoms in total. The number of hydrogen-bond acceptors (Lipinski definition) is 5. The summed E-state index contributed by atoms with van der Waals surface area (Å²) in [5.74, 6) is 0. The highest BCUT2D eigenvalue weighted by Gasteiger charge is 2.18. The second-order valence-corrected chi connectivity index (χ2v) is 13.6. The Morgan fingerprint density at radius 3 is 1.95 bits per heavy atom. The summed E-state index contributed by atoms with van der Waals surface area (Å²) in [5, 5.41) is 6.21. The first-order valence-electron chi connectivity index (χ1n) is 13.9. The van der Waals surface area contributed by atoms with Crippen molar-refractivity contribution in [1.29, 1.82) is 0 Å². The van der Waals surface area contributed by atoms with Crippen molar-refractivity contribution in [2.24, 2.45) is 0 Å². The number of rotatable bonds is 4. The van der Waals surface area contributed by atoms with E-state index < -0.39 is 0 Å². The lowest BCUT2D eigenvalue weighted by Gasteiger charge is -2.25. The fraction of sp³-hybridized carbons (Fsp3) is 0. The zero-order valence-corrected chi connectivity index (χ0v) is 24.8. The van der Waals surface area contributed by atoms with Gasteiger partial charge in [-0.1, -0.05) is 72.8 Å². The van der Waals surface area contributed by atoms with Crippen molar-refractivity contribution in [3.8, 4) is 10.6 Å². The number of fused-ring (bicyclic) bond motifs is 8. The summed E-state index contributed by atoms with van der Waals surface area (Å²) in [6, 6.07) is 48.1. The molecule has 0 unspecified atom stereocenters. The molecule has 0 bridgehead atoms. The van der Waals surface area contributed by atoms with E-state index in [1.54, 1.807) is 11.3 Å². The molecule has 0 spiro atoms. The van der Waals surface area contributed by atoms with Gasteiger partial charge in [-0.05, 0) is 60.7 Å². The van der Waals surface area contributed by atoms with E-state index >= 15 is 0 Å². The standard InChI is InChI=1S/C37H22N2S3/c1-3-9-23(10-4-1)37-38-36-33(42-37)20-19-32-35(36)29-21-25(16-18-31(29)40-32)39(24-11-5-2-6-12-24)26-15-17-28-27-13-7-8-14-30(27)41-34(28)22-26/h1-22H. The van der Waals surface area contributed by atoms with Gasteiger partial charge in [0.2, 0.25) is 0 Å². The molecule has 9 rings (SSSR count). The molecule has 9 aromatic rings. The van der Waals surface area contributed by atoms with Gasteiger partial charge in [-0.3, -0.25) is 0 Å². The van der Waals surface area contributed by atoms with Crippen LogP contribution in [-0.4, -0.2) is 4.98 Å². The van der Waals surface area contributed by atoms with E-state index in [2.05, 4.69) is 138 Å². The molecule has 5 heteroatoms. The molecule has 3 heterocycles. The Bertz CT molecular complexity index is 2420. The molecule has 0 saturated heterocycles. The van der Waals surface area contributed by atoms with Gasteiger partial charge in [0.15, 0.2) is 0 Å². The van der Waals surface area contributed by atoms with Gasteiger partial charge < -0.3 is 4.90 Å². The minimum atomic E-state index is 1.07. The smallest absolute Gasteiger partial charge is 0.124 e. The Balaban J connectivity index is 1.26. The first-order valence-corrected chi connectivity index (χ1v) is 16.3. The van der Waals surface area contributed by atoms with E-state index in [0.29, 0.717) is 0 Å². The molecular weight excluding hydrogens is 569 g/mol. The van der Waals surface area contributed by atoms with E-state index in [4.69, 9.17) is 4.98 Å². The first kappa shape index (κ1) is 24.1. The summed E-state index contributed by atoms with van der Waals surface area (Å²) in [4.78, 5) is 7.57. The lowest BCUT2D eigenvalue weighted by atomic mass is 10.1. The molecule has 0 saturated carbocycles. The zero-order valence-electron chi connectivity index (χ0n) is 22.3. The zero-order chi connectivity index (χ0) is 27.6. The molecule has 42 heavy (non-hydrogen) atoms. The van der Waals surface area contributed by atoms with Crippen molar-refractivity contribution >= 4 is 102 Å². The van der Waals surface area contributed by atoms with Crippen molar-refractivity contribution in [3.63, 3.8) is 0 Å². The molecule has 198 valence electrons. The SMILES string of the molecule is c1ccc(-c2nc3c(ccc4sc5ccc(N(c6ccccc6)c6ccc7c(c6)sc6ccccc67)cc5c43)s2)cc1. The van der Waals surface area contributed by atoms with Gasteiger partial charge in [0.25, 0.3) is 0 Å². The molecule has 0 radical (unpaired) electrons. The average Bonchev–Trinajstić information content (AvgIpc) is 3.75. The van der Waals surface area contributed by atoms with Crippen LogP contribution in [0, 0.1) is 0 Å². The molecule has 0 aliphatic carbocycles. The number of anilines is 3. The summed E-state index contributed by atoms with van der Waals surface area (Å²) in [6.45, 7) is 0. The van der Waals surface area contributed by atoms with Crippen LogP contribution in [0.5, 0.6) is 0 Å². The van der Waals surface area contributed by atoms with Crippen LogP contribution >= 0.6 is 34.0 Å². The summed E-state index contributed by atoms with van der Waals surface area (Å²) >= 11 is 5.47. The Labute approximate surface area is 254 Å². The highest BCUT2D eigenvalue weighted by atomic mass is 32.1. The molecule has 0 amide bonds. The number of benzene rings is 6. The van der Waals surface area contributed by atoms with Crippen LogP contribution in [0.4, 0.5) is 17.1 Å². The Morgan fingerprint density at radius 2 is 1.07 bits per heavy atom. The molecule has 0 aliphatic heterocycles. The van der Waals surface area contributed by atoms with Gasteiger partial charge in [-0.2, -0.15) is 0 Å². The molecule has 0 fully saturated rings. The van der Waals surface area contributed by atoms with Crippen molar-refractivity contribution in [2.75, 3.05) is 4.90 Å². The second-order valence-electron chi connectivity index (χ2n) is 10.4. The van der Waals surface area contributed by atoms with E-state index in [1.807, 2.05) is 22.7 Å². The topological polar surface area (TPSA) is 16.1 Å². The van der Waals surface area contributed by atoms with Gasteiger partial charge in [0, 0.05) is 63.0 Å². The third-order valence-electron chi connectivity index (χ3n) is 7.89. The monoisotopic (exact) mass is 590 g/mol. The van der Waals surface area contributed by atoms with Crippen LogP contribution in [-0.2, 0) is 0 Å². The van der Waals surface area contributed by atoms with Crippen molar-refractivity contribution in [2.45, 2.75) is 0 Å². The maximum Gasteiger partial charge on any atom is 0.124 e. The Hall–Kier alpha value is -4.55. The van der Waals surface area contributed by atoms with Gasteiger partial charge in [0.1, 0.15) is 5.01 Å². The van der Waals surface area contributed by atoms with Crippen LogP contribution in [0.2, 0.25) is 0 Å². The Morgan fingerprint density at radius 1 is 0.429 bits per heavy atom. The van der Waals surface area contributed by atoms with Crippen LogP contribution in [0.1, 0.15) is 0 Å². The normalized spacial score (nSPS) is 11.8. The summed E-state index contributed by atoms with van der Waals surface area (Å²) in [7, 11) is 0. The summed E-state index contributed by atoms with van der Waals surface area (Å²) in [6.07, 6.45) is 0. The minimum absolute atomic E-state index is 1.07. The number of thiazole rings is 1. The highest BCUT2D eigenvalue weighted by Crippen LogP contribution is 2.45. The lowest BCUT2D eigenvalue weighted by Crippen LogP contribution is -2.09. The lowest BCUT2D eigenvalue weighted by molar-refractivity contribution is 1.30. The maximum atomic E-state index is 5.19. The molecular formula is C37H22N2S3. The molecule has 0 atom stereocenters. The van der Waals surface area contributed by atoms with Crippen molar-refractivity contribution < 1.29 is 0 Å². The van der Waals surface area contributed by atoms with Gasteiger partial charge in [-0.25, -0.2) is 4.98 Å². The van der Waals surface area contributed by atoms with Crippen molar-refractivity contribution in [1.82, 2.24) is 4.98 Å². The summed E-state index contributed by atoms with van der Waals surface area (Å²) in [5.41, 5.74) is 5.70.